The van der Waals surface area contributed by atoms with E-state index in [9.17, 15) is 8.42 Å². The lowest BCUT2D eigenvalue weighted by Crippen LogP contribution is -2.34. The molecular formula is C23H24ClNO4S. The van der Waals surface area contributed by atoms with Gasteiger partial charge in [-0.05, 0) is 74.0 Å². The Morgan fingerprint density at radius 2 is 1.63 bits per heavy atom. The molecule has 0 saturated carbocycles. The minimum atomic E-state index is -3.90. The first-order valence-electron chi connectivity index (χ1n) is 9.36. The number of methoxy groups -OCH3 is 2. The number of halogens is 1. The quantitative estimate of drug-likeness (QED) is 0.473. The number of aryl methyl sites for hydroxylation is 1. The van der Waals surface area contributed by atoms with E-state index in [4.69, 9.17) is 21.1 Å². The number of anilines is 1. The average Bonchev–Trinajstić information content (AvgIpc) is 2.73. The fourth-order valence-corrected chi connectivity index (χ4v) is 5.10. The predicted octanol–water partition coefficient (Wildman–Crippen LogP) is 5.62. The van der Waals surface area contributed by atoms with E-state index in [0.717, 1.165) is 5.56 Å². The molecule has 7 heteroatoms. The molecule has 158 valence electrons. The molecule has 0 saturated heterocycles. The molecule has 0 spiro atoms. The summed E-state index contributed by atoms with van der Waals surface area (Å²) in [6.07, 6.45) is 0. The first-order chi connectivity index (χ1) is 14.3. The SMILES string of the molecule is COc1ccc(OC)c(C(C)N(c2cccc(C)c2)S(=O)(=O)c2ccc(Cl)cc2)c1. The van der Waals surface area contributed by atoms with Crippen molar-refractivity contribution >= 4 is 27.3 Å². The molecule has 5 nitrogen and oxygen atoms in total. The Labute approximate surface area is 182 Å². The van der Waals surface area contributed by atoms with E-state index in [0.29, 0.717) is 27.8 Å². The smallest absolute Gasteiger partial charge is 0.264 e. The summed E-state index contributed by atoms with van der Waals surface area (Å²) in [5.74, 6) is 1.19. The monoisotopic (exact) mass is 445 g/mol. The van der Waals surface area contributed by atoms with Crippen LogP contribution < -0.4 is 13.8 Å². The molecule has 0 aromatic heterocycles. The van der Waals surface area contributed by atoms with Gasteiger partial charge in [0.15, 0.2) is 0 Å². The van der Waals surface area contributed by atoms with Crippen LogP contribution in [0.25, 0.3) is 0 Å². The maximum atomic E-state index is 13.7. The number of nitrogens with zero attached hydrogens (tertiary/aromatic N) is 1. The van der Waals surface area contributed by atoms with Gasteiger partial charge >= 0.3 is 0 Å². The van der Waals surface area contributed by atoms with E-state index >= 15 is 0 Å². The number of ether oxygens (including phenoxy) is 2. The van der Waals surface area contributed by atoms with Crippen molar-refractivity contribution in [2.75, 3.05) is 18.5 Å². The third-order valence-electron chi connectivity index (χ3n) is 4.87. The topological polar surface area (TPSA) is 55.8 Å². The Balaban J connectivity index is 2.21. The van der Waals surface area contributed by atoms with E-state index in [1.165, 1.54) is 16.4 Å². The van der Waals surface area contributed by atoms with E-state index in [2.05, 4.69) is 0 Å². The first kappa shape index (κ1) is 22.0. The lowest BCUT2D eigenvalue weighted by molar-refractivity contribution is 0.396. The van der Waals surface area contributed by atoms with Gasteiger partial charge in [0, 0.05) is 10.6 Å². The molecule has 0 aliphatic carbocycles. The zero-order valence-electron chi connectivity index (χ0n) is 17.3. The number of benzene rings is 3. The number of hydrogen-bond acceptors (Lipinski definition) is 4. The first-order valence-corrected chi connectivity index (χ1v) is 11.2. The predicted molar refractivity (Wildman–Crippen MR) is 120 cm³/mol. The maximum Gasteiger partial charge on any atom is 0.264 e. The molecule has 30 heavy (non-hydrogen) atoms. The van der Waals surface area contributed by atoms with Gasteiger partial charge in [0.25, 0.3) is 10.0 Å². The van der Waals surface area contributed by atoms with Crippen LogP contribution in [0, 0.1) is 6.92 Å². The Morgan fingerprint density at radius 3 is 2.23 bits per heavy atom. The van der Waals surface area contributed by atoms with Crippen LogP contribution in [-0.4, -0.2) is 22.6 Å². The standard InChI is InChI=1S/C23H24ClNO4S/c1-16-6-5-7-19(14-16)25(30(26,27)21-11-8-18(24)9-12-21)17(2)22-15-20(28-3)10-13-23(22)29-4/h5-15,17H,1-4H3. The molecule has 1 unspecified atom stereocenters. The van der Waals surface area contributed by atoms with E-state index in [1.807, 2.05) is 32.0 Å². The Kier molecular flexibility index (Phi) is 6.58. The van der Waals surface area contributed by atoms with E-state index < -0.39 is 16.1 Å². The fourth-order valence-electron chi connectivity index (χ4n) is 3.35. The molecule has 0 N–H and O–H groups in total. The van der Waals surface area contributed by atoms with Gasteiger partial charge in [-0.2, -0.15) is 0 Å². The second-order valence-corrected chi connectivity index (χ2v) is 9.13. The van der Waals surface area contributed by atoms with Crippen molar-refractivity contribution in [1.29, 1.82) is 0 Å². The van der Waals surface area contributed by atoms with Gasteiger partial charge in [-0.3, -0.25) is 4.31 Å². The molecule has 3 aromatic carbocycles. The summed E-state index contributed by atoms with van der Waals surface area (Å²) in [7, 11) is -0.775. The maximum absolute atomic E-state index is 13.7. The number of hydrogen-bond donors (Lipinski definition) is 0. The van der Waals surface area contributed by atoms with Crippen molar-refractivity contribution in [1.82, 2.24) is 0 Å². The Bertz CT molecular complexity index is 1130. The van der Waals surface area contributed by atoms with Crippen LogP contribution in [0.2, 0.25) is 5.02 Å². The normalized spacial score (nSPS) is 12.3. The molecule has 0 bridgehead atoms. The molecule has 0 amide bonds. The van der Waals surface area contributed by atoms with Gasteiger partial charge in [0.2, 0.25) is 0 Å². The highest BCUT2D eigenvalue weighted by molar-refractivity contribution is 7.92. The van der Waals surface area contributed by atoms with Crippen molar-refractivity contribution in [2.45, 2.75) is 24.8 Å². The molecule has 0 radical (unpaired) electrons. The summed E-state index contributed by atoms with van der Waals surface area (Å²) in [5.41, 5.74) is 2.20. The van der Waals surface area contributed by atoms with Crippen LogP contribution in [0.5, 0.6) is 11.5 Å². The molecule has 1 atom stereocenters. The summed E-state index contributed by atoms with van der Waals surface area (Å²) in [6, 6.07) is 18.3. The zero-order valence-corrected chi connectivity index (χ0v) is 18.9. The second-order valence-electron chi connectivity index (χ2n) is 6.88. The summed E-state index contributed by atoms with van der Waals surface area (Å²) < 4.78 is 39.7. The minimum absolute atomic E-state index is 0.155. The third-order valence-corrected chi connectivity index (χ3v) is 7.03. The minimum Gasteiger partial charge on any atom is -0.497 e. The van der Waals surface area contributed by atoms with Crippen LogP contribution >= 0.6 is 11.6 Å². The van der Waals surface area contributed by atoms with Gasteiger partial charge in [-0.15, -0.1) is 0 Å². The van der Waals surface area contributed by atoms with Crippen LogP contribution in [0.4, 0.5) is 5.69 Å². The van der Waals surface area contributed by atoms with Crippen molar-refractivity contribution in [3.63, 3.8) is 0 Å². The lowest BCUT2D eigenvalue weighted by Gasteiger charge is -2.32. The Hall–Kier alpha value is -2.70. The fraction of sp³-hybridized carbons (Fsp3) is 0.217. The van der Waals surface area contributed by atoms with Gasteiger partial charge < -0.3 is 9.47 Å². The molecular weight excluding hydrogens is 422 g/mol. The molecule has 0 heterocycles. The van der Waals surface area contributed by atoms with Crippen LogP contribution in [0.1, 0.15) is 24.1 Å². The average molecular weight is 446 g/mol. The largest absolute Gasteiger partial charge is 0.497 e. The van der Waals surface area contributed by atoms with Crippen molar-refractivity contribution in [3.8, 4) is 11.5 Å². The summed E-state index contributed by atoms with van der Waals surface area (Å²) >= 11 is 5.97. The van der Waals surface area contributed by atoms with Gasteiger partial charge in [0.05, 0.1) is 30.8 Å². The second kappa shape index (κ2) is 8.98. The molecule has 0 fully saturated rings. The van der Waals surface area contributed by atoms with Crippen molar-refractivity contribution < 1.29 is 17.9 Å². The molecule has 3 aromatic rings. The highest BCUT2D eigenvalue weighted by Gasteiger charge is 2.32. The lowest BCUT2D eigenvalue weighted by atomic mass is 10.1. The molecule has 0 aliphatic rings. The molecule has 0 aliphatic heterocycles. The van der Waals surface area contributed by atoms with Crippen LogP contribution in [0.3, 0.4) is 0 Å². The third kappa shape index (κ3) is 4.40. The van der Waals surface area contributed by atoms with Gasteiger partial charge in [-0.25, -0.2) is 8.42 Å². The van der Waals surface area contributed by atoms with Crippen molar-refractivity contribution in [2.24, 2.45) is 0 Å². The van der Waals surface area contributed by atoms with Crippen molar-refractivity contribution in [3.05, 3.63) is 82.9 Å². The van der Waals surface area contributed by atoms with Gasteiger partial charge in [0.1, 0.15) is 11.5 Å². The highest BCUT2D eigenvalue weighted by atomic mass is 35.5. The van der Waals surface area contributed by atoms with E-state index in [1.54, 1.807) is 50.6 Å². The summed E-state index contributed by atoms with van der Waals surface area (Å²) in [5, 5.41) is 0.471. The summed E-state index contributed by atoms with van der Waals surface area (Å²) in [4.78, 5) is 0.155. The van der Waals surface area contributed by atoms with Gasteiger partial charge in [-0.1, -0.05) is 23.7 Å². The van der Waals surface area contributed by atoms with Crippen LogP contribution in [-0.2, 0) is 10.0 Å². The molecule has 3 rings (SSSR count). The highest BCUT2D eigenvalue weighted by Crippen LogP contribution is 2.38. The van der Waals surface area contributed by atoms with E-state index in [-0.39, 0.29) is 4.90 Å². The number of rotatable bonds is 7. The number of sulfonamides is 1. The summed E-state index contributed by atoms with van der Waals surface area (Å²) in [6.45, 7) is 3.75. The zero-order chi connectivity index (χ0) is 21.9. The van der Waals surface area contributed by atoms with Crippen LogP contribution in [0.15, 0.2) is 71.6 Å². The Morgan fingerprint density at radius 1 is 0.933 bits per heavy atom.